The van der Waals surface area contributed by atoms with E-state index < -0.39 is 5.97 Å². The molecule has 0 aliphatic carbocycles. The highest BCUT2D eigenvalue weighted by atomic mass is 16.4. The number of hydrogen-bond acceptors (Lipinski definition) is 3. The van der Waals surface area contributed by atoms with Crippen LogP contribution in [0.25, 0.3) is 0 Å². The molecule has 18 heavy (non-hydrogen) atoms. The Bertz CT molecular complexity index is 444. The number of carbonyl (C=O) groups is 2. The molecule has 0 atom stereocenters. The van der Waals surface area contributed by atoms with E-state index in [4.69, 9.17) is 5.11 Å². The van der Waals surface area contributed by atoms with Crippen molar-refractivity contribution in [2.75, 3.05) is 18.9 Å². The number of carboxylic acids is 1. The van der Waals surface area contributed by atoms with Gasteiger partial charge in [-0.2, -0.15) is 0 Å². The van der Waals surface area contributed by atoms with Gasteiger partial charge in [-0.3, -0.25) is 4.79 Å². The van der Waals surface area contributed by atoms with Crippen LogP contribution in [0, 0.1) is 6.92 Å². The van der Waals surface area contributed by atoms with E-state index in [0.29, 0.717) is 17.7 Å². The predicted octanol–water partition coefficient (Wildman–Crippen LogP) is 1.63. The Morgan fingerprint density at radius 2 is 2.06 bits per heavy atom. The molecule has 0 saturated heterocycles. The third-order valence-electron chi connectivity index (χ3n) is 2.59. The number of benzene rings is 1. The van der Waals surface area contributed by atoms with Gasteiger partial charge in [0.2, 0.25) is 5.91 Å². The van der Waals surface area contributed by atoms with Gasteiger partial charge in [-0.1, -0.05) is 12.1 Å². The number of nitrogens with one attached hydrogen (secondary N) is 2. The second-order valence-electron chi connectivity index (χ2n) is 4.06. The first-order valence-electron chi connectivity index (χ1n) is 5.83. The normalized spacial score (nSPS) is 10.1. The molecule has 1 rings (SSSR count). The Labute approximate surface area is 106 Å². The molecule has 0 saturated carbocycles. The van der Waals surface area contributed by atoms with E-state index in [9.17, 15) is 9.59 Å². The summed E-state index contributed by atoms with van der Waals surface area (Å²) in [5.41, 5.74) is 1.15. The van der Waals surface area contributed by atoms with E-state index in [-0.39, 0.29) is 11.5 Å². The molecule has 0 spiro atoms. The fourth-order valence-corrected chi connectivity index (χ4v) is 1.69. The predicted molar refractivity (Wildman–Crippen MR) is 69.9 cm³/mol. The van der Waals surface area contributed by atoms with Gasteiger partial charge in [-0.25, -0.2) is 4.79 Å². The number of amides is 1. The standard InChI is InChI=1S/C13H18N2O3/c1-9-5-3-6-10(12(9)13(17)18)15-11(16)7-4-8-14-2/h3,5-6,14H,4,7-8H2,1-2H3,(H,15,16)(H,17,18). The van der Waals surface area contributed by atoms with Crippen molar-refractivity contribution in [2.24, 2.45) is 0 Å². The molecule has 0 aliphatic rings. The third-order valence-corrected chi connectivity index (χ3v) is 2.59. The molecule has 0 aromatic heterocycles. The minimum absolute atomic E-state index is 0.152. The first kappa shape index (κ1) is 14.2. The zero-order valence-corrected chi connectivity index (χ0v) is 10.6. The molecule has 0 heterocycles. The van der Waals surface area contributed by atoms with E-state index >= 15 is 0 Å². The van der Waals surface area contributed by atoms with E-state index in [1.165, 1.54) is 0 Å². The van der Waals surface area contributed by atoms with Crippen molar-refractivity contribution < 1.29 is 14.7 Å². The highest BCUT2D eigenvalue weighted by Crippen LogP contribution is 2.19. The summed E-state index contributed by atoms with van der Waals surface area (Å²) in [5.74, 6) is -1.20. The van der Waals surface area contributed by atoms with Gasteiger partial charge in [0.15, 0.2) is 0 Å². The fraction of sp³-hybridized carbons (Fsp3) is 0.385. The van der Waals surface area contributed by atoms with Gasteiger partial charge in [0, 0.05) is 6.42 Å². The van der Waals surface area contributed by atoms with Crippen LogP contribution in [0.4, 0.5) is 5.69 Å². The monoisotopic (exact) mass is 250 g/mol. The molecule has 5 nitrogen and oxygen atoms in total. The van der Waals surface area contributed by atoms with Gasteiger partial charge in [0.1, 0.15) is 0 Å². The van der Waals surface area contributed by atoms with Crippen molar-refractivity contribution in [1.29, 1.82) is 0 Å². The maximum atomic E-state index is 11.6. The van der Waals surface area contributed by atoms with E-state index in [1.807, 2.05) is 7.05 Å². The van der Waals surface area contributed by atoms with Gasteiger partial charge in [-0.05, 0) is 38.6 Å². The average Bonchev–Trinajstić information content (AvgIpc) is 2.28. The number of aromatic carboxylic acids is 1. The molecule has 0 aliphatic heterocycles. The Morgan fingerprint density at radius 1 is 1.33 bits per heavy atom. The average molecular weight is 250 g/mol. The fourth-order valence-electron chi connectivity index (χ4n) is 1.69. The van der Waals surface area contributed by atoms with Crippen molar-refractivity contribution in [3.8, 4) is 0 Å². The molecule has 1 aromatic carbocycles. The zero-order valence-electron chi connectivity index (χ0n) is 10.6. The zero-order chi connectivity index (χ0) is 13.5. The molecule has 0 bridgehead atoms. The summed E-state index contributed by atoms with van der Waals surface area (Å²) in [6.07, 6.45) is 1.09. The smallest absolute Gasteiger partial charge is 0.338 e. The Kier molecular flexibility index (Phi) is 5.32. The van der Waals surface area contributed by atoms with Gasteiger partial charge < -0.3 is 15.7 Å². The first-order chi connectivity index (χ1) is 8.56. The second kappa shape index (κ2) is 6.76. The summed E-state index contributed by atoms with van der Waals surface area (Å²) in [7, 11) is 1.82. The van der Waals surface area contributed by atoms with Crippen molar-refractivity contribution in [3.05, 3.63) is 29.3 Å². The lowest BCUT2D eigenvalue weighted by molar-refractivity contribution is -0.116. The maximum Gasteiger partial charge on any atom is 0.338 e. The Morgan fingerprint density at radius 3 is 2.67 bits per heavy atom. The summed E-state index contributed by atoms with van der Waals surface area (Å²) in [4.78, 5) is 22.8. The number of anilines is 1. The largest absolute Gasteiger partial charge is 0.478 e. The Balaban J connectivity index is 2.75. The maximum absolute atomic E-state index is 11.6. The van der Waals surface area contributed by atoms with Crippen molar-refractivity contribution in [2.45, 2.75) is 19.8 Å². The van der Waals surface area contributed by atoms with Gasteiger partial charge in [0.25, 0.3) is 0 Å². The van der Waals surface area contributed by atoms with Crippen LogP contribution in [0.15, 0.2) is 18.2 Å². The van der Waals surface area contributed by atoms with E-state index in [1.54, 1.807) is 25.1 Å². The van der Waals surface area contributed by atoms with Crippen LogP contribution in [-0.4, -0.2) is 30.6 Å². The van der Waals surface area contributed by atoms with Gasteiger partial charge in [-0.15, -0.1) is 0 Å². The number of hydrogen-bond donors (Lipinski definition) is 3. The SMILES string of the molecule is CNCCCC(=O)Nc1cccc(C)c1C(=O)O. The van der Waals surface area contributed by atoms with Gasteiger partial charge >= 0.3 is 5.97 Å². The topological polar surface area (TPSA) is 78.4 Å². The highest BCUT2D eigenvalue weighted by molar-refractivity contribution is 6.01. The van der Waals surface area contributed by atoms with Crippen LogP contribution < -0.4 is 10.6 Å². The molecule has 1 amide bonds. The van der Waals surface area contributed by atoms with E-state index in [2.05, 4.69) is 10.6 Å². The van der Waals surface area contributed by atoms with Crippen molar-refractivity contribution in [3.63, 3.8) is 0 Å². The molecular weight excluding hydrogens is 232 g/mol. The van der Waals surface area contributed by atoms with Crippen molar-refractivity contribution in [1.82, 2.24) is 5.32 Å². The third kappa shape index (κ3) is 3.85. The Hall–Kier alpha value is -1.88. The molecule has 98 valence electrons. The van der Waals surface area contributed by atoms with Crippen LogP contribution in [0.1, 0.15) is 28.8 Å². The summed E-state index contributed by atoms with van der Waals surface area (Å²) in [6, 6.07) is 5.04. The van der Waals surface area contributed by atoms with Crippen LogP contribution in [0.2, 0.25) is 0 Å². The molecule has 0 unspecified atom stereocenters. The summed E-state index contributed by atoms with van der Waals surface area (Å²) in [6.45, 7) is 2.47. The summed E-state index contributed by atoms with van der Waals surface area (Å²) >= 11 is 0. The van der Waals surface area contributed by atoms with Crippen LogP contribution in [-0.2, 0) is 4.79 Å². The molecule has 1 aromatic rings. The lowest BCUT2D eigenvalue weighted by atomic mass is 10.1. The van der Waals surface area contributed by atoms with Crippen LogP contribution in [0.3, 0.4) is 0 Å². The first-order valence-corrected chi connectivity index (χ1v) is 5.83. The summed E-state index contributed by atoms with van der Waals surface area (Å²) in [5, 5.41) is 14.7. The molecule has 0 radical (unpaired) electrons. The molecule has 3 N–H and O–H groups in total. The van der Waals surface area contributed by atoms with Crippen LogP contribution >= 0.6 is 0 Å². The van der Waals surface area contributed by atoms with Crippen LogP contribution in [0.5, 0.6) is 0 Å². The number of carbonyl (C=O) groups excluding carboxylic acids is 1. The second-order valence-corrected chi connectivity index (χ2v) is 4.06. The quantitative estimate of drug-likeness (QED) is 0.670. The minimum atomic E-state index is -1.03. The van der Waals surface area contributed by atoms with E-state index in [0.717, 1.165) is 13.0 Å². The molecule has 5 heteroatoms. The highest BCUT2D eigenvalue weighted by Gasteiger charge is 2.14. The van der Waals surface area contributed by atoms with Gasteiger partial charge in [0.05, 0.1) is 11.3 Å². The molecule has 0 fully saturated rings. The summed E-state index contributed by atoms with van der Waals surface area (Å²) < 4.78 is 0. The number of aryl methyl sites for hydroxylation is 1. The number of rotatable bonds is 6. The lowest BCUT2D eigenvalue weighted by Gasteiger charge is -2.10. The minimum Gasteiger partial charge on any atom is -0.478 e. The lowest BCUT2D eigenvalue weighted by Crippen LogP contribution is -2.17. The van der Waals surface area contributed by atoms with Crippen molar-refractivity contribution >= 4 is 17.6 Å². The number of carboxylic acid groups (broad SMARTS) is 1. The molecular formula is C13H18N2O3.